The van der Waals surface area contributed by atoms with E-state index in [-0.39, 0.29) is 0 Å². The number of hydrogen-bond donors (Lipinski definition) is 1. The second-order valence-corrected chi connectivity index (χ2v) is 5.51. The Labute approximate surface area is 116 Å². The second kappa shape index (κ2) is 7.82. The number of rotatable bonds is 5. The van der Waals surface area contributed by atoms with E-state index < -0.39 is 0 Å². The van der Waals surface area contributed by atoms with Crippen molar-refractivity contribution in [3.8, 4) is 0 Å². The Hall–Kier alpha value is -0.650. The molecule has 19 heavy (non-hydrogen) atoms. The molecule has 0 aliphatic carbocycles. The van der Waals surface area contributed by atoms with E-state index in [4.69, 9.17) is 0 Å². The lowest BCUT2D eigenvalue weighted by Gasteiger charge is -2.34. The molecular formula is C14H28N4O. The number of nitrogens with zero attached hydrogens (tertiary/aromatic N) is 3. The van der Waals surface area contributed by atoms with E-state index >= 15 is 0 Å². The first-order valence-electron chi connectivity index (χ1n) is 7.73. The van der Waals surface area contributed by atoms with Crippen molar-refractivity contribution >= 4 is 5.91 Å². The van der Waals surface area contributed by atoms with Gasteiger partial charge in [0.1, 0.15) is 0 Å². The maximum atomic E-state index is 12.0. The van der Waals surface area contributed by atoms with Gasteiger partial charge in [0.2, 0.25) is 5.91 Å². The number of hydrogen-bond acceptors (Lipinski definition) is 4. The molecule has 0 spiro atoms. The first-order valence-corrected chi connectivity index (χ1v) is 7.73. The van der Waals surface area contributed by atoms with Crippen LogP contribution in [-0.4, -0.2) is 86.1 Å². The van der Waals surface area contributed by atoms with Crippen LogP contribution in [0.5, 0.6) is 0 Å². The van der Waals surface area contributed by atoms with Gasteiger partial charge in [0, 0.05) is 58.8 Å². The summed E-state index contributed by atoms with van der Waals surface area (Å²) in [6, 6.07) is 0. The van der Waals surface area contributed by atoms with Gasteiger partial charge in [0.15, 0.2) is 0 Å². The van der Waals surface area contributed by atoms with Crippen LogP contribution in [0.1, 0.15) is 19.8 Å². The van der Waals surface area contributed by atoms with Crippen LogP contribution in [0.2, 0.25) is 0 Å². The van der Waals surface area contributed by atoms with Crippen molar-refractivity contribution in [3.63, 3.8) is 0 Å². The first kappa shape index (κ1) is 14.8. The Morgan fingerprint density at radius 2 is 1.63 bits per heavy atom. The zero-order valence-corrected chi connectivity index (χ0v) is 12.2. The smallest absolute Gasteiger partial charge is 0.222 e. The van der Waals surface area contributed by atoms with Crippen LogP contribution in [0.3, 0.4) is 0 Å². The van der Waals surface area contributed by atoms with E-state index in [1.54, 1.807) is 0 Å². The first-order chi connectivity index (χ1) is 9.29. The highest BCUT2D eigenvalue weighted by Gasteiger charge is 2.18. The van der Waals surface area contributed by atoms with Gasteiger partial charge in [-0.15, -0.1) is 0 Å². The van der Waals surface area contributed by atoms with Crippen LogP contribution in [-0.2, 0) is 4.79 Å². The van der Waals surface area contributed by atoms with Gasteiger partial charge in [0.25, 0.3) is 0 Å². The molecule has 0 aromatic heterocycles. The van der Waals surface area contributed by atoms with Crippen LogP contribution in [0.25, 0.3) is 0 Å². The summed E-state index contributed by atoms with van der Waals surface area (Å²) >= 11 is 0. The molecule has 0 aromatic rings. The lowest BCUT2D eigenvalue weighted by Crippen LogP contribution is -2.47. The van der Waals surface area contributed by atoms with Gasteiger partial charge in [-0.1, -0.05) is 6.92 Å². The van der Waals surface area contributed by atoms with Gasteiger partial charge in [-0.05, 0) is 19.5 Å². The summed E-state index contributed by atoms with van der Waals surface area (Å²) in [4.78, 5) is 19.0. The summed E-state index contributed by atoms with van der Waals surface area (Å²) in [5.74, 6) is 0.341. The molecule has 2 aliphatic rings. The average molecular weight is 268 g/mol. The predicted molar refractivity (Wildman–Crippen MR) is 77.2 cm³/mol. The molecule has 0 aromatic carbocycles. The molecular weight excluding hydrogens is 240 g/mol. The van der Waals surface area contributed by atoms with Crippen molar-refractivity contribution < 1.29 is 4.79 Å². The number of amides is 1. The highest BCUT2D eigenvalue weighted by atomic mass is 16.2. The third-order valence-corrected chi connectivity index (χ3v) is 4.25. The minimum absolute atomic E-state index is 0.341. The average Bonchev–Trinajstić information content (AvgIpc) is 2.49. The summed E-state index contributed by atoms with van der Waals surface area (Å²) in [6.45, 7) is 12.8. The highest BCUT2D eigenvalue weighted by molar-refractivity contribution is 5.76. The van der Waals surface area contributed by atoms with E-state index in [0.29, 0.717) is 12.3 Å². The van der Waals surface area contributed by atoms with Gasteiger partial charge in [-0.2, -0.15) is 0 Å². The molecule has 1 N–H and O–H groups in total. The second-order valence-electron chi connectivity index (χ2n) is 5.51. The van der Waals surface area contributed by atoms with Crippen molar-refractivity contribution in [2.75, 3.05) is 65.4 Å². The summed E-state index contributed by atoms with van der Waals surface area (Å²) < 4.78 is 0. The highest BCUT2D eigenvalue weighted by Crippen LogP contribution is 2.05. The standard InChI is InChI=1S/C14H28N4O/c1-2-16-10-12-17(13-11-16)7-3-4-14(19)18-8-5-15-6-9-18/h15H,2-13H2,1H3. The van der Waals surface area contributed by atoms with Gasteiger partial charge in [-0.3, -0.25) is 4.79 Å². The van der Waals surface area contributed by atoms with Gasteiger partial charge >= 0.3 is 0 Å². The maximum Gasteiger partial charge on any atom is 0.222 e. The summed E-state index contributed by atoms with van der Waals surface area (Å²) in [7, 11) is 0. The fraction of sp³-hybridized carbons (Fsp3) is 0.929. The quantitative estimate of drug-likeness (QED) is 0.752. The van der Waals surface area contributed by atoms with Crippen LogP contribution in [0.15, 0.2) is 0 Å². The van der Waals surface area contributed by atoms with Crippen LogP contribution >= 0.6 is 0 Å². The van der Waals surface area contributed by atoms with Crippen molar-refractivity contribution in [1.29, 1.82) is 0 Å². The third kappa shape index (κ3) is 4.75. The molecule has 5 nitrogen and oxygen atoms in total. The molecule has 2 rings (SSSR count). The van der Waals surface area contributed by atoms with Crippen molar-refractivity contribution in [3.05, 3.63) is 0 Å². The van der Waals surface area contributed by atoms with Crippen molar-refractivity contribution in [2.24, 2.45) is 0 Å². The SMILES string of the molecule is CCN1CCN(CCCC(=O)N2CCNCC2)CC1. The minimum atomic E-state index is 0.341. The topological polar surface area (TPSA) is 38.8 Å². The van der Waals surface area contributed by atoms with Gasteiger partial charge < -0.3 is 20.0 Å². The Morgan fingerprint density at radius 3 is 2.26 bits per heavy atom. The molecule has 2 aliphatic heterocycles. The fourth-order valence-electron chi connectivity index (χ4n) is 2.86. The van der Waals surface area contributed by atoms with Crippen molar-refractivity contribution in [1.82, 2.24) is 20.0 Å². The van der Waals surface area contributed by atoms with E-state index in [0.717, 1.165) is 58.8 Å². The zero-order valence-electron chi connectivity index (χ0n) is 12.2. The van der Waals surface area contributed by atoms with Gasteiger partial charge in [-0.25, -0.2) is 0 Å². The van der Waals surface area contributed by atoms with Crippen LogP contribution in [0.4, 0.5) is 0 Å². The van der Waals surface area contributed by atoms with Crippen LogP contribution < -0.4 is 5.32 Å². The Bertz CT molecular complexity index is 271. The molecule has 0 radical (unpaired) electrons. The van der Waals surface area contributed by atoms with E-state index in [9.17, 15) is 4.79 Å². The fourth-order valence-corrected chi connectivity index (χ4v) is 2.86. The van der Waals surface area contributed by atoms with E-state index in [2.05, 4.69) is 22.0 Å². The number of likely N-dealkylation sites (N-methyl/N-ethyl adjacent to an activating group) is 1. The largest absolute Gasteiger partial charge is 0.340 e. The van der Waals surface area contributed by atoms with Crippen LogP contribution in [0, 0.1) is 0 Å². The number of carbonyl (C=O) groups excluding carboxylic acids is 1. The normalized spacial score (nSPS) is 22.7. The molecule has 5 heteroatoms. The monoisotopic (exact) mass is 268 g/mol. The lowest BCUT2D eigenvalue weighted by atomic mass is 10.2. The summed E-state index contributed by atoms with van der Waals surface area (Å²) in [5, 5.41) is 3.28. The predicted octanol–water partition coefficient (Wildman–Crippen LogP) is -0.164. The summed E-state index contributed by atoms with van der Waals surface area (Å²) in [5.41, 5.74) is 0. The molecule has 110 valence electrons. The lowest BCUT2D eigenvalue weighted by molar-refractivity contribution is -0.131. The molecule has 2 heterocycles. The third-order valence-electron chi connectivity index (χ3n) is 4.25. The zero-order chi connectivity index (χ0) is 13.5. The molecule has 0 unspecified atom stereocenters. The maximum absolute atomic E-state index is 12.0. The summed E-state index contributed by atoms with van der Waals surface area (Å²) in [6.07, 6.45) is 1.73. The molecule has 1 amide bonds. The Morgan fingerprint density at radius 1 is 1.00 bits per heavy atom. The molecule has 2 fully saturated rings. The Kier molecular flexibility index (Phi) is 6.07. The molecule has 0 saturated carbocycles. The number of nitrogens with one attached hydrogen (secondary N) is 1. The molecule has 0 bridgehead atoms. The number of piperazine rings is 2. The van der Waals surface area contributed by atoms with E-state index in [1.165, 1.54) is 13.1 Å². The van der Waals surface area contributed by atoms with E-state index in [1.807, 2.05) is 4.90 Å². The minimum Gasteiger partial charge on any atom is -0.340 e. The molecule has 2 saturated heterocycles. The Balaban J connectivity index is 1.57. The number of carbonyl (C=O) groups is 1. The molecule has 0 atom stereocenters. The van der Waals surface area contributed by atoms with Gasteiger partial charge in [0.05, 0.1) is 0 Å². The van der Waals surface area contributed by atoms with Crippen molar-refractivity contribution in [2.45, 2.75) is 19.8 Å².